The van der Waals surface area contributed by atoms with Gasteiger partial charge in [-0.2, -0.15) is 5.10 Å². The second-order valence-electron chi connectivity index (χ2n) is 3.80. The van der Waals surface area contributed by atoms with Crippen molar-refractivity contribution < 1.29 is 0 Å². The Morgan fingerprint density at radius 1 is 1.17 bits per heavy atom. The lowest BCUT2D eigenvalue weighted by Gasteiger charge is -2.02. The fraction of sp³-hybridized carbons (Fsp3) is 0.0833. The molecule has 0 radical (unpaired) electrons. The molecule has 2 aromatic heterocycles. The van der Waals surface area contributed by atoms with Crippen molar-refractivity contribution in [2.24, 2.45) is 0 Å². The zero-order valence-electron chi connectivity index (χ0n) is 9.50. The number of hydrogen-bond donors (Lipinski definition) is 2. The van der Waals surface area contributed by atoms with Crippen LogP contribution in [-0.4, -0.2) is 20.2 Å². The van der Waals surface area contributed by atoms with Gasteiger partial charge in [0, 0.05) is 5.75 Å². The summed E-state index contributed by atoms with van der Waals surface area (Å²) in [6.07, 6.45) is 1.64. The Balaban J connectivity index is 1.82. The van der Waals surface area contributed by atoms with E-state index in [-0.39, 0.29) is 0 Å². The molecule has 0 atom stereocenters. The van der Waals surface area contributed by atoms with Gasteiger partial charge in [0.15, 0.2) is 10.8 Å². The highest BCUT2D eigenvalue weighted by molar-refractivity contribution is 7.98. The van der Waals surface area contributed by atoms with Gasteiger partial charge in [0.25, 0.3) is 0 Å². The summed E-state index contributed by atoms with van der Waals surface area (Å²) in [5.74, 6) is 1.28. The van der Waals surface area contributed by atoms with E-state index in [0.29, 0.717) is 16.6 Å². The minimum atomic E-state index is 0.462. The molecule has 5 nitrogen and oxygen atoms in total. The average Bonchev–Trinajstić information content (AvgIpc) is 2.86. The normalized spacial score (nSPS) is 10.9. The summed E-state index contributed by atoms with van der Waals surface area (Å²) >= 11 is 1.56. The number of thioether (sulfide) groups is 1. The third-order valence-corrected chi connectivity index (χ3v) is 3.45. The summed E-state index contributed by atoms with van der Waals surface area (Å²) in [5.41, 5.74) is 7.76. The Labute approximate surface area is 108 Å². The number of nitrogens with one attached hydrogen (secondary N) is 1. The smallest absolute Gasteiger partial charge is 0.191 e. The first-order valence-corrected chi connectivity index (χ1v) is 6.45. The molecule has 2 heterocycles. The van der Waals surface area contributed by atoms with E-state index in [4.69, 9.17) is 5.73 Å². The van der Waals surface area contributed by atoms with Gasteiger partial charge >= 0.3 is 0 Å². The summed E-state index contributed by atoms with van der Waals surface area (Å²) in [5, 5.41) is 8.13. The van der Waals surface area contributed by atoms with Gasteiger partial charge in [-0.1, -0.05) is 42.1 Å². The van der Waals surface area contributed by atoms with E-state index in [1.165, 1.54) is 5.56 Å². The van der Waals surface area contributed by atoms with E-state index < -0.39 is 0 Å². The van der Waals surface area contributed by atoms with E-state index in [2.05, 4.69) is 32.3 Å². The largest absolute Gasteiger partial charge is 0.383 e. The number of rotatable bonds is 3. The lowest BCUT2D eigenvalue weighted by Crippen LogP contribution is -1.96. The number of hydrogen-bond acceptors (Lipinski definition) is 5. The average molecular weight is 257 g/mol. The van der Waals surface area contributed by atoms with Crippen molar-refractivity contribution in [2.75, 3.05) is 5.73 Å². The molecule has 3 rings (SSSR count). The minimum Gasteiger partial charge on any atom is -0.383 e. The van der Waals surface area contributed by atoms with Gasteiger partial charge in [0.1, 0.15) is 5.82 Å². The van der Waals surface area contributed by atoms with Crippen LogP contribution in [0, 0.1) is 0 Å². The van der Waals surface area contributed by atoms with Gasteiger partial charge in [-0.05, 0) is 5.56 Å². The molecule has 3 aromatic rings. The van der Waals surface area contributed by atoms with Crippen molar-refractivity contribution in [1.82, 2.24) is 20.2 Å². The van der Waals surface area contributed by atoms with E-state index in [1.54, 1.807) is 18.0 Å². The third-order valence-electron chi connectivity index (χ3n) is 2.53. The van der Waals surface area contributed by atoms with Crippen LogP contribution in [0.25, 0.3) is 11.0 Å². The number of nitrogens with zero attached hydrogens (tertiary/aromatic N) is 3. The zero-order valence-corrected chi connectivity index (χ0v) is 10.3. The molecule has 0 aliphatic heterocycles. The predicted molar refractivity (Wildman–Crippen MR) is 72.1 cm³/mol. The molecule has 0 amide bonds. The van der Waals surface area contributed by atoms with Crippen LogP contribution in [0.2, 0.25) is 0 Å². The summed E-state index contributed by atoms with van der Waals surface area (Å²) in [4.78, 5) is 8.62. The van der Waals surface area contributed by atoms with E-state index in [0.717, 1.165) is 11.1 Å². The van der Waals surface area contributed by atoms with Gasteiger partial charge in [0.05, 0.1) is 11.6 Å². The lowest BCUT2D eigenvalue weighted by molar-refractivity contribution is 0.987. The minimum absolute atomic E-state index is 0.462. The van der Waals surface area contributed by atoms with Crippen LogP contribution in [0.5, 0.6) is 0 Å². The van der Waals surface area contributed by atoms with Gasteiger partial charge < -0.3 is 5.73 Å². The van der Waals surface area contributed by atoms with Crippen LogP contribution in [0.3, 0.4) is 0 Å². The highest BCUT2D eigenvalue weighted by Crippen LogP contribution is 2.23. The molecule has 3 N–H and O–H groups in total. The maximum absolute atomic E-state index is 5.85. The fourth-order valence-electron chi connectivity index (χ4n) is 1.62. The van der Waals surface area contributed by atoms with Gasteiger partial charge in [0.2, 0.25) is 0 Å². The van der Waals surface area contributed by atoms with Crippen molar-refractivity contribution in [3.05, 3.63) is 42.1 Å². The Kier molecular flexibility index (Phi) is 2.85. The van der Waals surface area contributed by atoms with E-state index in [1.807, 2.05) is 18.2 Å². The van der Waals surface area contributed by atoms with Crippen molar-refractivity contribution in [2.45, 2.75) is 10.9 Å². The van der Waals surface area contributed by atoms with E-state index in [9.17, 15) is 0 Å². The number of benzene rings is 1. The van der Waals surface area contributed by atoms with Crippen LogP contribution >= 0.6 is 11.8 Å². The SMILES string of the molecule is Nc1nc(SCc2ccccc2)nc2[nH]ncc12. The first-order valence-electron chi connectivity index (χ1n) is 5.46. The molecule has 0 bridgehead atoms. The molecule has 18 heavy (non-hydrogen) atoms. The van der Waals surface area contributed by atoms with Crippen LogP contribution < -0.4 is 5.73 Å². The molecule has 0 aliphatic rings. The van der Waals surface area contributed by atoms with Crippen LogP contribution in [0.15, 0.2) is 41.7 Å². The van der Waals surface area contributed by atoms with Gasteiger partial charge in [-0.25, -0.2) is 9.97 Å². The van der Waals surface area contributed by atoms with Gasteiger partial charge in [-0.15, -0.1) is 0 Å². The molecule has 6 heteroatoms. The van der Waals surface area contributed by atoms with Crippen molar-refractivity contribution in [3.8, 4) is 0 Å². The fourth-order valence-corrected chi connectivity index (χ4v) is 2.43. The van der Waals surface area contributed by atoms with Crippen molar-refractivity contribution in [1.29, 1.82) is 0 Å². The molecule has 1 aromatic carbocycles. The number of aromatic amines is 1. The Bertz CT molecular complexity index is 665. The number of aromatic nitrogens is 4. The molecule has 0 saturated carbocycles. The number of fused-ring (bicyclic) bond motifs is 1. The summed E-state index contributed by atoms with van der Waals surface area (Å²) in [6.45, 7) is 0. The monoisotopic (exact) mass is 257 g/mol. The number of nitrogens with two attached hydrogens (primary N) is 1. The highest BCUT2D eigenvalue weighted by Gasteiger charge is 2.07. The molecule has 0 fully saturated rings. The van der Waals surface area contributed by atoms with Crippen LogP contribution in [-0.2, 0) is 5.75 Å². The number of nitrogen functional groups attached to an aromatic ring is 1. The molecule has 90 valence electrons. The number of anilines is 1. The van der Waals surface area contributed by atoms with Crippen LogP contribution in [0.1, 0.15) is 5.56 Å². The quantitative estimate of drug-likeness (QED) is 0.555. The standard InChI is InChI=1S/C12H11N5S/c13-10-9-6-14-17-11(9)16-12(15-10)18-7-8-4-2-1-3-5-8/h1-6H,7H2,(H3,13,14,15,16,17). The maximum Gasteiger partial charge on any atom is 0.191 e. The molecule has 0 spiro atoms. The first-order chi connectivity index (χ1) is 8.83. The molecule has 0 unspecified atom stereocenters. The summed E-state index contributed by atoms with van der Waals surface area (Å²) < 4.78 is 0. The van der Waals surface area contributed by atoms with Crippen LogP contribution in [0.4, 0.5) is 5.82 Å². The third kappa shape index (κ3) is 2.14. The number of H-pyrrole nitrogens is 1. The first kappa shape index (κ1) is 11.0. The zero-order chi connectivity index (χ0) is 12.4. The highest BCUT2D eigenvalue weighted by atomic mass is 32.2. The predicted octanol–water partition coefficient (Wildman–Crippen LogP) is 2.23. The Hall–Kier alpha value is -2.08. The molecular formula is C12H11N5S. The van der Waals surface area contributed by atoms with E-state index >= 15 is 0 Å². The summed E-state index contributed by atoms with van der Waals surface area (Å²) in [6, 6.07) is 10.2. The topological polar surface area (TPSA) is 80.5 Å². The summed E-state index contributed by atoms with van der Waals surface area (Å²) in [7, 11) is 0. The maximum atomic E-state index is 5.85. The molecule has 0 aliphatic carbocycles. The second kappa shape index (κ2) is 4.66. The van der Waals surface area contributed by atoms with Crippen molar-refractivity contribution >= 4 is 28.6 Å². The Morgan fingerprint density at radius 2 is 2.00 bits per heavy atom. The van der Waals surface area contributed by atoms with Crippen molar-refractivity contribution in [3.63, 3.8) is 0 Å². The molecule has 0 saturated heterocycles. The second-order valence-corrected chi connectivity index (χ2v) is 4.74. The molecular weight excluding hydrogens is 246 g/mol. The Morgan fingerprint density at radius 3 is 2.83 bits per heavy atom. The van der Waals surface area contributed by atoms with Gasteiger partial charge in [-0.3, -0.25) is 5.10 Å². The lowest BCUT2D eigenvalue weighted by atomic mass is 10.2.